The van der Waals surface area contributed by atoms with Gasteiger partial charge in [-0.25, -0.2) is 8.42 Å². The maximum Gasteiger partial charge on any atom is 0.264 e. The molecule has 46 heavy (non-hydrogen) atoms. The molecular weight excluding hydrogens is 598 g/mol. The standard InChI is InChI=1S/C37H43N3O5S/c1-6-29(4)38-37(42)34(24-30-12-8-7-9-13-30)39(25-31-20-16-27(2)17-21-31)36(41)26-40(33-14-10-11-15-35(33)45-5)46(43,44)32-22-18-28(3)19-23-32/h7-23,29,34H,6,24-26H2,1-5H3,(H,38,42)/t29-,34+/m0/s1. The summed E-state index contributed by atoms with van der Waals surface area (Å²) in [6, 6.07) is 29.4. The summed E-state index contributed by atoms with van der Waals surface area (Å²) in [6.07, 6.45) is 0.964. The number of para-hydroxylation sites is 2. The lowest BCUT2D eigenvalue weighted by molar-refractivity contribution is -0.140. The fraction of sp³-hybridized carbons (Fsp3) is 0.297. The van der Waals surface area contributed by atoms with Crippen LogP contribution in [-0.2, 0) is 32.6 Å². The van der Waals surface area contributed by atoms with Crippen LogP contribution in [0.5, 0.6) is 5.75 Å². The van der Waals surface area contributed by atoms with Crippen LogP contribution in [0.1, 0.15) is 42.5 Å². The summed E-state index contributed by atoms with van der Waals surface area (Å²) in [7, 11) is -2.78. The highest BCUT2D eigenvalue weighted by atomic mass is 32.2. The maximum atomic E-state index is 14.6. The summed E-state index contributed by atoms with van der Waals surface area (Å²) in [4.78, 5) is 30.1. The lowest BCUT2D eigenvalue weighted by Gasteiger charge is -2.34. The molecule has 4 aromatic carbocycles. The van der Waals surface area contributed by atoms with Crippen molar-refractivity contribution in [2.75, 3.05) is 18.0 Å². The first-order valence-electron chi connectivity index (χ1n) is 15.4. The van der Waals surface area contributed by atoms with Crippen LogP contribution in [0.3, 0.4) is 0 Å². The number of methoxy groups -OCH3 is 1. The highest BCUT2D eigenvalue weighted by Gasteiger charge is 2.35. The van der Waals surface area contributed by atoms with Crippen molar-refractivity contribution in [2.24, 2.45) is 0 Å². The number of carbonyl (C=O) groups excluding carboxylic acids is 2. The van der Waals surface area contributed by atoms with E-state index in [-0.39, 0.29) is 35.5 Å². The van der Waals surface area contributed by atoms with Crippen LogP contribution in [-0.4, -0.2) is 50.9 Å². The number of carbonyl (C=O) groups is 2. The number of nitrogens with zero attached hydrogens (tertiary/aromatic N) is 2. The van der Waals surface area contributed by atoms with Crippen molar-refractivity contribution < 1.29 is 22.7 Å². The Bertz CT molecular complexity index is 1710. The fourth-order valence-electron chi connectivity index (χ4n) is 5.07. The van der Waals surface area contributed by atoms with Gasteiger partial charge in [0.25, 0.3) is 10.0 Å². The molecular formula is C37H43N3O5S. The van der Waals surface area contributed by atoms with Gasteiger partial charge in [0, 0.05) is 19.0 Å². The summed E-state index contributed by atoms with van der Waals surface area (Å²) in [5, 5.41) is 3.06. The number of hydrogen-bond acceptors (Lipinski definition) is 5. The predicted octanol–water partition coefficient (Wildman–Crippen LogP) is 6.06. The first-order valence-corrected chi connectivity index (χ1v) is 16.9. The Morgan fingerprint density at radius 3 is 2.00 bits per heavy atom. The van der Waals surface area contributed by atoms with E-state index >= 15 is 0 Å². The van der Waals surface area contributed by atoms with E-state index in [4.69, 9.17) is 4.74 Å². The van der Waals surface area contributed by atoms with E-state index < -0.39 is 28.5 Å². The van der Waals surface area contributed by atoms with Crippen LogP contribution < -0.4 is 14.4 Å². The Balaban J connectivity index is 1.83. The molecule has 8 nitrogen and oxygen atoms in total. The highest BCUT2D eigenvalue weighted by molar-refractivity contribution is 7.92. The monoisotopic (exact) mass is 641 g/mol. The van der Waals surface area contributed by atoms with Crippen LogP contribution in [0.25, 0.3) is 0 Å². The molecule has 4 aromatic rings. The van der Waals surface area contributed by atoms with Gasteiger partial charge < -0.3 is 15.0 Å². The van der Waals surface area contributed by atoms with Gasteiger partial charge in [0.1, 0.15) is 18.3 Å². The largest absolute Gasteiger partial charge is 0.495 e. The third kappa shape index (κ3) is 8.54. The van der Waals surface area contributed by atoms with Crippen molar-refractivity contribution in [3.63, 3.8) is 0 Å². The number of nitrogens with one attached hydrogen (secondary N) is 1. The van der Waals surface area contributed by atoms with Crippen molar-refractivity contribution in [1.82, 2.24) is 10.2 Å². The normalized spacial score (nSPS) is 12.5. The van der Waals surface area contributed by atoms with Gasteiger partial charge in [-0.3, -0.25) is 13.9 Å². The number of aryl methyl sites for hydroxylation is 2. The number of benzene rings is 4. The molecule has 0 heterocycles. The number of amides is 2. The molecule has 0 aliphatic rings. The number of anilines is 1. The molecule has 2 atom stereocenters. The molecule has 0 saturated heterocycles. The smallest absolute Gasteiger partial charge is 0.264 e. The molecule has 0 aliphatic carbocycles. The first-order chi connectivity index (χ1) is 22.0. The topological polar surface area (TPSA) is 96.0 Å². The summed E-state index contributed by atoms with van der Waals surface area (Å²) >= 11 is 0. The zero-order valence-corrected chi connectivity index (χ0v) is 28.0. The lowest BCUT2D eigenvalue weighted by atomic mass is 10.0. The molecule has 242 valence electrons. The lowest BCUT2D eigenvalue weighted by Crippen LogP contribution is -2.54. The number of sulfonamides is 1. The molecule has 0 radical (unpaired) electrons. The SMILES string of the molecule is CC[C@H](C)NC(=O)[C@@H](Cc1ccccc1)N(Cc1ccc(C)cc1)C(=O)CN(c1ccccc1OC)S(=O)(=O)c1ccc(C)cc1. The molecule has 4 rings (SSSR count). The van der Waals surface area contributed by atoms with Gasteiger partial charge in [-0.1, -0.05) is 96.9 Å². The molecule has 2 amide bonds. The third-order valence-electron chi connectivity index (χ3n) is 7.99. The van der Waals surface area contributed by atoms with E-state index in [2.05, 4.69) is 5.32 Å². The van der Waals surface area contributed by atoms with Crippen molar-refractivity contribution in [3.8, 4) is 5.75 Å². The minimum Gasteiger partial charge on any atom is -0.495 e. The molecule has 0 aromatic heterocycles. The van der Waals surface area contributed by atoms with Crippen molar-refractivity contribution in [2.45, 2.75) is 64.1 Å². The summed E-state index contributed by atoms with van der Waals surface area (Å²) in [5.74, 6) is -0.530. The van der Waals surface area contributed by atoms with E-state index in [1.165, 1.54) is 24.1 Å². The zero-order chi connectivity index (χ0) is 33.3. The quantitative estimate of drug-likeness (QED) is 0.181. The molecule has 9 heteroatoms. The van der Waals surface area contributed by atoms with Gasteiger partial charge >= 0.3 is 0 Å². The van der Waals surface area contributed by atoms with Gasteiger partial charge in [0.05, 0.1) is 17.7 Å². The van der Waals surface area contributed by atoms with Crippen LogP contribution in [0.15, 0.2) is 108 Å². The highest BCUT2D eigenvalue weighted by Crippen LogP contribution is 2.33. The van der Waals surface area contributed by atoms with Crippen LogP contribution in [0, 0.1) is 13.8 Å². The molecule has 0 spiro atoms. The van der Waals surface area contributed by atoms with Crippen LogP contribution >= 0.6 is 0 Å². The Hall–Kier alpha value is -4.63. The second-order valence-corrected chi connectivity index (χ2v) is 13.4. The van der Waals surface area contributed by atoms with E-state index in [0.29, 0.717) is 12.2 Å². The van der Waals surface area contributed by atoms with E-state index in [1.807, 2.05) is 82.3 Å². The molecule has 0 aliphatic heterocycles. The van der Waals surface area contributed by atoms with Gasteiger partial charge in [-0.05, 0) is 62.6 Å². The summed E-state index contributed by atoms with van der Waals surface area (Å²) in [5.41, 5.74) is 3.88. The summed E-state index contributed by atoms with van der Waals surface area (Å²) < 4.78 is 35.2. The molecule has 0 fully saturated rings. The minimum atomic E-state index is -4.23. The average molecular weight is 642 g/mol. The summed E-state index contributed by atoms with van der Waals surface area (Å²) in [6.45, 7) is 7.30. The van der Waals surface area contributed by atoms with Crippen molar-refractivity contribution in [1.29, 1.82) is 0 Å². The van der Waals surface area contributed by atoms with Crippen LogP contribution in [0.4, 0.5) is 5.69 Å². The van der Waals surface area contributed by atoms with Crippen LogP contribution in [0.2, 0.25) is 0 Å². The Labute approximate surface area is 273 Å². The Morgan fingerprint density at radius 2 is 1.39 bits per heavy atom. The number of rotatable bonds is 14. The number of ether oxygens (including phenoxy) is 1. The molecule has 0 saturated carbocycles. The van der Waals surface area contributed by atoms with E-state index in [1.54, 1.807) is 36.4 Å². The van der Waals surface area contributed by atoms with Gasteiger partial charge in [-0.2, -0.15) is 0 Å². The Kier molecular flexibility index (Phi) is 11.6. The van der Waals surface area contributed by atoms with Crippen molar-refractivity contribution >= 4 is 27.5 Å². The minimum absolute atomic E-state index is 0.0391. The second kappa shape index (κ2) is 15.6. The zero-order valence-electron chi connectivity index (χ0n) is 27.1. The number of hydrogen-bond donors (Lipinski definition) is 1. The predicted molar refractivity (Wildman–Crippen MR) is 182 cm³/mol. The maximum absolute atomic E-state index is 14.6. The van der Waals surface area contributed by atoms with E-state index in [9.17, 15) is 18.0 Å². The second-order valence-electron chi connectivity index (χ2n) is 11.5. The molecule has 1 N–H and O–H groups in total. The first kappa shape index (κ1) is 34.2. The van der Waals surface area contributed by atoms with Crippen molar-refractivity contribution in [3.05, 3.63) is 125 Å². The molecule has 0 bridgehead atoms. The average Bonchev–Trinajstić information content (AvgIpc) is 3.06. The van der Waals surface area contributed by atoms with Gasteiger partial charge in [-0.15, -0.1) is 0 Å². The fourth-order valence-corrected chi connectivity index (χ4v) is 6.50. The molecule has 0 unspecified atom stereocenters. The van der Waals surface area contributed by atoms with Gasteiger partial charge in [0.2, 0.25) is 11.8 Å². The van der Waals surface area contributed by atoms with E-state index in [0.717, 1.165) is 26.6 Å². The Morgan fingerprint density at radius 1 is 0.804 bits per heavy atom. The van der Waals surface area contributed by atoms with Gasteiger partial charge in [0.15, 0.2) is 0 Å². The third-order valence-corrected chi connectivity index (χ3v) is 9.76.